The summed E-state index contributed by atoms with van der Waals surface area (Å²) >= 11 is 0. The Balaban J connectivity index is 1.89. The van der Waals surface area contributed by atoms with Gasteiger partial charge in [-0.2, -0.15) is 0 Å². The molecule has 0 spiro atoms. The SMILES string of the molecule is COC[C@H](C)C1CCN(C(=O)c2c[nH]c(=O)[nH]2)CC1. The minimum absolute atomic E-state index is 0.101. The molecule has 1 aliphatic rings. The lowest BCUT2D eigenvalue weighted by Crippen LogP contribution is -2.40. The maximum Gasteiger partial charge on any atom is 0.323 e. The zero-order valence-corrected chi connectivity index (χ0v) is 11.4. The zero-order valence-electron chi connectivity index (χ0n) is 11.4. The Kier molecular flexibility index (Phi) is 4.42. The van der Waals surface area contributed by atoms with Gasteiger partial charge >= 0.3 is 5.69 Å². The molecule has 106 valence electrons. The topological polar surface area (TPSA) is 78.2 Å². The maximum absolute atomic E-state index is 12.1. The van der Waals surface area contributed by atoms with E-state index in [1.807, 2.05) is 0 Å². The third-order valence-corrected chi connectivity index (χ3v) is 3.89. The van der Waals surface area contributed by atoms with E-state index in [0.29, 0.717) is 17.5 Å². The quantitative estimate of drug-likeness (QED) is 0.848. The summed E-state index contributed by atoms with van der Waals surface area (Å²) in [7, 11) is 1.72. The summed E-state index contributed by atoms with van der Waals surface area (Å²) in [5, 5.41) is 0. The molecule has 1 aromatic heterocycles. The van der Waals surface area contributed by atoms with Crippen molar-refractivity contribution in [3.63, 3.8) is 0 Å². The molecule has 1 atom stereocenters. The number of piperidine rings is 1. The first-order valence-electron chi connectivity index (χ1n) is 6.67. The number of carbonyl (C=O) groups is 1. The Bertz CT molecular complexity index is 471. The van der Waals surface area contributed by atoms with Crippen LogP contribution in [0.3, 0.4) is 0 Å². The third-order valence-electron chi connectivity index (χ3n) is 3.89. The van der Waals surface area contributed by atoms with Crippen LogP contribution in [0.5, 0.6) is 0 Å². The molecule has 1 amide bonds. The molecule has 2 N–H and O–H groups in total. The molecule has 2 heterocycles. The van der Waals surface area contributed by atoms with Gasteiger partial charge < -0.3 is 19.6 Å². The lowest BCUT2D eigenvalue weighted by Gasteiger charge is -2.34. The van der Waals surface area contributed by atoms with Crippen molar-refractivity contribution in [2.75, 3.05) is 26.8 Å². The van der Waals surface area contributed by atoms with Gasteiger partial charge in [0.1, 0.15) is 5.69 Å². The lowest BCUT2D eigenvalue weighted by atomic mass is 9.86. The molecule has 0 aromatic carbocycles. The third kappa shape index (κ3) is 3.26. The van der Waals surface area contributed by atoms with Gasteiger partial charge in [-0.15, -0.1) is 0 Å². The van der Waals surface area contributed by atoms with E-state index < -0.39 is 0 Å². The molecule has 1 aliphatic heterocycles. The van der Waals surface area contributed by atoms with Crippen molar-refractivity contribution in [1.29, 1.82) is 0 Å². The van der Waals surface area contributed by atoms with E-state index in [0.717, 1.165) is 32.5 Å². The molecule has 0 radical (unpaired) electrons. The average molecular weight is 267 g/mol. The van der Waals surface area contributed by atoms with Gasteiger partial charge in [-0.05, 0) is 24.7 Å². The monoisotopic (exact) mass is 267 g/mol. The molecule has 6 nitrogen and oxygen atoms in total. The van der Waals surface area contributed by atoms with Crippen LogP contribution < -0.4 is 5.69 Å². The van der Waals surface area contributed by atoms with Gasteiger partial charge in [-0.25, -0.2) is 4.79 Å². The van der Waals surface area contributed by atoms with Gasteiger partial charge in [0.25, 0.3) is 5.91 Å². The fourth-order valence-electron chi connectivity index (χ4n) is 2.69. The summed E-state index contributed by atoms with van der Waals surface area (Å²) in [5.41, 5.74) is 0.000317. The fourth-order valence-corrected chi connectivity index (χ4v) is 2.69. The van der Waals surface area contributed by atoms with Crippen LogP contribution in [-0.2, 0) is 4.74 Å². The second-order valence-electron chi connectivity index (χ2n) is 5.22. The highest BCUT2D eigenvalue weighted by atomic mass is 16.5. The standard InChI is InChI=1S/C13H21N3O3/c1-9(8-19-2)10-3-5-16(6-4-10)12(17)11-7-14-13(18)15-11/h7,9-10H,3-6,8H2,1-2H3,(H2,14,15,18)/t9-/m0/s1. The number of amides is 1. The Morgan fingerprint density at radius 2 is 2.21 bits per heavy atom. The van der Waals surface area contributed by atoms with E-state index in [9.17, 15) is 9.59 Å². The molecule has 19 heavy (non-hydrogen) atoms. The Labute approximate surface area is 112 Å². The number of methoxy groups -OCH3 is 1. The van der Waals surface area contributed by atoms with Crippen molar-refractivity contribution >= 4 is 5.91 Å². The molecular formula is C13H21N3O3. The normalized spacial score (nSPS) is 18.5. The van der Waals surface area contributed by atoms with Gasteiger partial charge in [0.2, 0.25) is 0 Å². The Morgan fingerprint density at radius 1 is 1.53 bits per heavy atom. The number of ether oxygens (including phenoxy) is 1. The number of aromatic nitrogens is 2. The van der Waals surface area contributed by atoms with E-state index in [1.165, 1.54) is 6.20 Å². The highest BCUT2D eigenvalue weighted by Gasteiger charge is 2.27. The molecule has 0 bridgehead atoms. The number of imidazole rings is 1. The number of hydrogen-bond donors (Lipinski definition) is 2. The van der Waals surface area contributed by atoms with E-state index >= 15 is 0 Å². The molecule has 0 aliphatic carbocycles. The Morgan fingerprint density at radius 3 is 2.74 bits per heavy atom. The molecule has 2 rings (SSSR count). The number of carbonyl (C=O) groups excluding carboxylic acids is 1. The second kappa shape index (κ2) is 6.06. The van der Waals surface area contributed by atoms with Crippen molar-refractivity contribution in [3.05, 3.63) is 22.4 Å². The van der Waals surface area contributed by atoms with Crippen LogP contribution in [0.2, 0.25) is 0 Å². The van der Waals surface area contributed by atoms with Gasteiger partial charge in [0.05, 0.1) is 0 Å². The van der Waals surface area contributed by atoms with Crippen molar-refractivity contribution in [2.45, 2.75) is 19.8 Å². The fraction of sp³-hybridized carbons (Fsp3) is 0.692. The summed E-state index contributed by atoms with van der Waals surface area (Å²) in [4.78, 5) is 29.9. The molecule has 0 unspecified atom stereocenters. The first-order valence-corrected chi connectivity index (χ1v) is 6.67. The number of H-pyrrole nitrogens is 2. The first kappa shape index (κ1) is 13.9. The van der Waals surface area contributed by atoms with Crippen molar-refractivity contribution < 1.29 is 9.53 Å². The summed E-state index contributed by atoms with van der Waals surface area (Å²) in [6, 6.07) is 0. The van der Waals surface area contributed by atoms with E-state index in [1.54, 1.807) is 12.0 Å². The largest absolute Gasteiger partial charge is 0.384 e. The van der Waals surface area contributed by atoms with Crippen molar-refractivity contribution in [1.82, 2.24) is 14.9 Å². The summed E-state index contributed by atoms with van der Waals surface area (Å²) in [6.45, 7) is 4.44. The summed E-state index contributed by atoms with van der Waals surface area (Å²) in [5.74, 6) is 1.03. The van der Waals surface area contributed by atoms with Gasteiger partial charge in [-0.3, -0.25) is 4.79 Å². The number of likely N-dealkylation sites (tertiary alicyclic amines) is 1. The lowest BCUT2D eigenvalue weighted by molar-refractivity contribution is 0.0594. The van der Waals surface area contributed by atoms with Gasteiger partial charge in [0, 0.05) is 33.0 Å². The summed E-state index contributed by atoms with van der Waals surface area (Å²) < 4.78 is 5.18. The molecule has 1 aromatic rings. The molecule has 0 saturated carbocycles. The van der Waals surface area contributed by atoms with E-state index in [2.05, 4.69) is 16.9 Å². The first-order chi connectivity index (χ1) is 9.11. The number of rotatable bonds is 4. The maximum atomic E-state index is 12.1. The molecule has 1 fully saturated rings. The van der Waals surface area contributed by atoms with E-state index in [4.69, 9.17) is 4.74 Å². The highest BCUT2D eigenvalue weighted by molar-refractivity contribution is 5.92. The number of nitrogens with zero attached hydrogens (tertiary/aromatic N) is 1. The molecule has 1 saturated heterocycles. The zero-order chi connectivity index (χ0) is 13.8. The predicted octanol–water partition coefficient (Wildman–Crippen LogP) is 0.838. The highest BCUT2D eigenvalue weighted by Crippen LogP contribution is 2.25. The minimum atomic E-state index is -0.341. The minimum Gasteiger partial charge on any atom is -0.384 e. The van der Waals surface area contributed by atoms with Crippen LogP contribution >= 0.6 is 0 Å². The predicted molar refractivity (Wildman–Crippen MR) is 71.1 cm³/mol. The molecule has 6 heteroatoms. The second-order valence-corrected chi connectivity index (χ2v) is 5.22. The van der Waals surface area contributed by atoms with Crippen LogP contribution in [0.15, 0.2) is 11.0 Å². The van der Waals surface area contributed by atoms with Crippen LogP contribution in [0.4, 0.5) is 0 Å². The average Bonchev–Trinajstić information content (AvgIpc) is 2.85. The van der Waals surface area contributed by atoms with Crippen molar-refractivity contribution in [3.8, 4) is 0 Å². The summed E-state index contributed by atoms with van der Waals surface area (Å²) in [6.07, 6.45) is 3.42. The van der Waals surface area contributed by atoms with Crippen LogP contribution in [0, 0.1) is 11.8 Å². The van der Waals surface area contributed by atoms with Crippen LogP contribution in [0.25, 0.3) is 0 Å². The Hall–Kier alpha value is -1.56. The van der Waals surface area contributed by atoms with Crippen molar-refractivity contribution in [2.24, 2.45) is 11.8 Å². The van der Waals surface area contributed by atoms with Gasteiger partial charge in [0.15, 0.2) is 0 Å². The number of hydrogen-bond acceptors (Lipinski definition) is 3. The van der Waals surface area contributed by atoms with Crippen LogP contribution in [0.1, 0.15) is 30.3 Å². The smallest absolute Gasteiger partial charge is 0.323 e. The van der Waals surface area contributed by atoms with Crippen LogP contribution in [-0.4, -0.2) is 47.6 Å². The van der Waals surface area contributed by atoms with Gasteiger partial charge in [-0.1, -0.05) is 6.92 Å². The number of nitrogens with one attached hydrogen (secondary N) is 2. The molecular weight excluding hydrogens is 246 g/mol. The number of aromatic amines is 2. The van der Waals surface area contributed by atoms with E-state index in [-0.39, 0.29) is 11.6 Å².